The van der Waals surface area contributed by atoms with Crippen LogP contribution in [-0.2, 0) is 10.0 Å². The normalized spacial score (nSPS) is 11.7. The molecule has 104 valence electrons. The Morgan fingerprint density at radius 1 is 0.900 bits per heavy atom. The number of benzene rings is 2. The SMILES string of the molecule is O=S(=O)(N/N=C\c1ccc(Cl)cc1)c1ccc(Cl)cc1. The van der Waals surface area contributed by atoms with E-state index in [4.69, 9.17) is 23.2 Å². The predicted molar refractivity (Wildman–Crippen MR) is 80.8 cm³/mol. The second kappa shape index (κ2) is 6.26. The fourth-order valence-corrected chi connectivity index (χ4v) is 2.43. The number of hydrogen-bond acceptors (Lipinski definition) is 3. The van der Waals surface area contributed by atoms with Gasteiger partial charge in [-0.3, -0.25) is 0 Å². The first-order chi connectivity index (χ1) is 9.47. The van der Waals surface area contributed by atoms with E-state index in [1.165, 1.54) is 30.5 Å². The molecule has 0 bridgehead atoms. The maximum atomic E-state index is 11.9. The van der Waals surface area contributed by atoms with Gasteiger partial charge in [0.2, 0.25) is 0 Å². The molecule has 2 aromatic carbocycles. The van der Waals surface area contributed by atoms with Gasteiger partial charge >= 0.3 is 0 Å². The molecule has 0 unspecified atom stereocenters. The summed E-state index contributed by atoms with van der Waals surface area (Å²) in [6.07, 6.45) is 1.39. The lowest BCUT2D eigenvalue weighted by molar-refractivity contribution is 0.584. The van der Waals surface area contributed by atoms with Crippen LogP contribution in [0.5, 0.6) is 0 Å². The Balaban J connectivity index is 2.09. The van der Waals surface area contributed by atoms with Gasteiger partial charge in [-0.2, -0.15) is 13.5 Å². The van der Waals surface area contributed by atoms with Gasteiger partial charge in [0.05, 0.1) is 11.1 Å². The van der Waals surface area contributed by atoms with Gasteiger partial charge in [-0.1, -0.05) is 35.3 Å². The molecule has 0 atom stereocenters. The Hall–Kier alpha value is -1.56. The highest BCUT2D eigenvalue weighted by Gasteiger charge is 2.11. The summed E-state index contributed by atoms with van der Waals surface area (Å²) in [4.78, 5) is 2.22. The van der Waals surface area contributed by atoms with Crippen molar-refractivity contribution in [3.05, 3.63) is 64.1 Å². The molecule has 0 spiro atoms. The molecule has 0 amide bonds. The van der Waals surface area contributed by atoms with Crippen molar-refractivity contribution in [1.82, 2.24) is 4.83 Å². The van der Waals surface area contributed by atoms with Gasteiger partial charge in [-0.25, -0.2) is 4.83 Å². The summed E-state index contributed by atoms with van der Waals surface area (Å²) in [6.45, 7) is 0. The van der Waals surface area contributed by atoms with E-state index >= 15 is 0 Å². The van der Waals surface area contributed by atoms with Crippen molar-refractivity contribution in [2.24, 2.45) is 5.10 Å². The fraction of sp³-hybridized carbons (Fsp3) is 0. The third-order valence-corrected chi connectivity index (χ3v) is 4.12. The summed E-state index contributed by atoms with van der Waals surface area (Å²) in [7, 11) is -3.69. The minimum absolute atomic E-state index is 0.0927. The van der Waals surface area contributed by atoms with Crippen molar-refractivity contribution < 1.29 is 8.42 Å². The summed E-state index contributed by atoms with van der Waals surface area (Å²) in [5, 5.41) is 4.77. The molecular weight excluding hydrogens is 319 g/mol. The molecule has 0 heterocycles. The predicted octanol–water partition coefficient (Wildman–Crippen LogP) is 3.31. The number of nitrogens with zero attached hydrogens (tertiary/aromatic N) is 1. The highest BCUT2D eigenvalue weighted by molar-refractivity contribution is 7.89. The quantitative estimate of drug-likeness (QED) is 0.691. The van der Waals surface area contributed by atoms with Gasteiger partial charge in [0.25, 0.3) is 10.0 Å². The first-order valence-corrected chi connectivity index (χ1v) is 7.77. The van der Waals surface area contributed by atoms with Gasteiger partial charge < -0.3 is 0 Å². The molecule has 4 nitrogen and oxygen atoms in total. The lowest BCUT2D eigenvalue weighted by atomic mass is 10.2. The molecule has 2 rings (SSSR count). The van der Waals surface area contributed by atoms with Crippen molar-refractivity contribution in [2.45, 2.75) is 4.90 Å². The molecule has 0 aliphatic carbocycles. The zero-order valence-corrected chi connectivity index (χ0v) is 12.5. The van der Waals surface area contributed by atoms with Crippen LogP contribution in [0, 0.1) is 0 Å². The number of halogens is 2. The molecule has 20 heavy (non-hydrogen) atoms. The van der Waals surface area contributed by atoms with Crippen LogP contribution in [0.4, 0.5) is 0 Å². The van der Waals surface area contributed by atoms with Crippen molar-refractivity contribution in [1.29, 1.82) is 0 Å². The molecule has 7 heteroatoms. The van der Waals surface area contributed by atoms with Gasteiger partial charge in [0.1, 0.15) is 0 Å². The number of hydrogen-bond donors (Lipinski definition) is 1. The van der Waals surface area contributed by atoms with E-state index in [1.54, 1.807) is 24.3 Å². The highest BCUT2D eigenvalue weighted by Crippen LogP contribution is 2.13. The largest absolute Gasteiger partial charge is 0.276 e. The molecule has 0 saturated carbocycles. The minimum atomic E-state index is -3.69. The van der Waals surface area contributed by atoms with E-state index in [2.05, 4.69) is 9.93 Å². The van der Waals surface area contributed by atoms with Crippen LogP contribution in [0.2, 0.25) is 10.0 Å². The Morgan fingerprint density at radius 3 is 1.95 bits per heavy atom. The summed E-state index contributed by atoms with van der Waals surface area (Å²) in [6, 6.07) is 12.6. The average molecular weight is 329 g/mol. The standard InChI is InChI=1S/C13H10Cl2N2O2S/c14-11-3-1-10(2-4-11)9-16-17-20(18,19)13-7-5-12(15)6-8-13/h1-9,17H/b16-9-. The second-order valence-corrected chi connectivity index (χ2v) is 6.39. The maximum absolute atomic E-state index is 11.9. The molecule has 2 aromatic rings. The first-order valence-electron chi connectivity index (χ1n) is 5.53. The van der Waals surface area contributed by atoms with Crippen LogP contribution in [0.15, 0.2) is 58.5 Å². The summed E-state index contributed by atoms with van der Waals surface area (Å²) in [5.74, 6) is 0. The Bertz CT molecular complexity index is 711. The number of sulfonamides is 1. The zero-order valence-electron chi connectivity index (χ0n) is 10.1. The molecule has 1 N–H and O–H groups in total. The van der Waals surface area contributed by atoms with E-state index in [-0.39, 0.29) is 4.90 Å². The average Bonchev–Trinajstić information content (AvgIpc) is 2.41. The van der Waals surface area contributed by atoms with E-state index in [9.17, 15) is 8.42 Å². The van der Waals surface area contributed by atoms with Crippen molar-refractivity contribution >= 4 is 39.4 Å². The van der Waals surface area contributed by atoms with Crippen LogP contribution in [0.25, 0.3) is 0 Å². The van der Waals surface area contributed by atoms with Crippen molar-refractivity contribution in [2.75, 3.05) is 0 Å². The second-order valence-electron chi connectivity index (χ2n) is 3.86. The van der Waals surface area contributed by atoms with Gasteiger partial charge in [-0.15, -0.1) is 0 Å². The third kappa shape index (κ3) is 3.96. The third-order valence-electron chi connectivity index (χ3n) is 2.38. The van der Waals surface area contributed by atoms with E-state index in [0.717, 1.165) is 5.56 Å². The molecule has 0 fully saturated rings. The molecule has 0 saturated heterocycles. The summed E-state index contributed by atoms with van der Waals surface area (Å²) in [5.41, 5.74) is 0.730. The van der Waals surface area contributed by atoms with Gasteiger partial charge in [0.15, 0.2) is 0 Å². The Morgan fingerprint density at radius 2 is 1.40 bits per heavy atom. The maximum Gasteiger partial charge on any atom is 0.276 e. The van der Waals surface area contributed by atoms with Crippen LogP contribution < -0.4 is 4.83 Å². The van der Waals surface area contributed by atoms with Gasteiger partial charge in [-0.05, 0) is 42.0 Å². The molecule has 0 aliphatic rings. The van der Waals surface area contributed by atoms with E-state index in [0.29, 0.717) is 10.0 Å². The number of nitrogens with one attached hydrogen (secondary N) is 1. The molecule has 0 aliphatic heterocycles. The number of hydrazone groups is 1. The smallest absolute Gasteiger partial charge is 0.200 e. The summed E-state index contributed by atoms with van der Waals surface area (Å²) < 4.78 is 23.8. The molecule has 0 aromatic heterocycles. The van der Waals surface area contributed by atoms with Gasteiger partial charge in [0, 0.05) is 10.0 Å². The zero-order chi connectivity index (χ0) is 14.6. The van der Waals surface area contributed by atoms with Crippen LogP contribution in [0.3, 0.4) is 0 Å². The van der Waals surface area contributed by atoms with Crippen molar-refractivity contribution in [3.8, 4) is 0 Å². The minimum Gasteiger partial charge on any atom is -0.200 e. The van der Waals surface area contributed by atoms with Crippen LogP contribution in [0.1, 0.15) is 5.56 Å². The monoisotopic (exact) mass is 328 g/mol. The fourth-order valence-electron chi connectivity index (χ4n) is 1.39. The van der Waals surface area contributed by atoms with E-state index < -0.39 is 10.0 Å². The van der Waals surface area contributed by atoms with Crippen LogP contribution >= 0.6 is 23.2 Å². The van der Waals surface area contributed by atoms with Crippen LogP contribution in [-0.4, -0.2) is 14.6 Å². The molecule has 0 radical (unpaired) electrons. The lowest BCUT2D eigenvalue weighted by Gasteiger charge is -2.03. The van der Waals surface area contributed by atoms with Crippen molar-refractivity contribution in [3.63, 3.8) is 0 Å². The molecular formula is C13H10Cl2N2O2S. The summed E-state index contributed by atoms with van der Waals surface area (Å²) >= 11 is 11.4. The topological polar surface area (TPSA) is 58.5 Å². The van der Waals surface area contributed by atoms with E-state index in [1.807, 2.05) is 0 Å². The first kappa shape index (κ1) is 14.8. The Kier molecular flexibility index (Phi) is 4.65. The lowest BCUT2D eigenvalue weighted by Crippen LogP contribution is -2.18. The Labute approximate surface area is 127 Å². The highest BCUT2D eigenvalue weighted by atomic mass is 35.5. The number of rotatable bonds is 4.